The van der Waals surface area contributed by atoms with E-state index in [0.717, 1.165) is 0 Å². The summed E-state index contributed by atoms with van der Waals surface area (Å²) >= 11 is 0. The summed E-state index contributed by atoms with van der Waals surface area (Å²) in [6, 6.07) is 0. The lowest BCUT2D eigenvalue weighted by Gasteiger charge is -1.92. The fraction of sp³-hybridized carbons (Fsp3) is 0.333. The molecule has 0 aliphatic carbocycles. The van der Waals surface area contributed by atoms with Gasteiger partial charge in [-0.3, -0.25) is 4.99 Å². The highest BCUT2D eigenvalue weighted by atomic mass is 19.2. The van der Waals surface area contributed by atoms with Crippen LogP contribution in [0.4, 0.5) is 8.78 Å². The SMILES string of the molecule is C=N/C(F)=C(/F)C(C)=NC. The normalized spacial score (nSPS) is 14.6. The van der Waals surface area contributed by atoms with Gasteiger partial charge in [0.05, 0.1) is 5.71 Å². The molecule has 0 unspecified atom stereocenters. The summed E-state index contributed by atoms with van der Waals surface area (Å²) in [5.74, 6) is -2.28. The Morgan fingerprint density at radius 1 is 1.40 bits per heavy atom. The van der Waals surface area contributed by atoms with E-state index >= 15 is 0 Å². The van der Waals surface area contributed by atoms with Gasteiger partial charge < -0.3 is 0 Å². The summed E-state index contributed by atoms with van der Waals surface area (Å²) < 4.78 is 24.6. The molecule has 0 fully saturated rings. The molecular formula is C6H8F2N2. The first-order chi connectivity index (χ1) is 4.63. The van der Waals surface area contributed by atoms with Crippen molar-refractivity contribution in [3.8, 4) is 0 Å². The molecule has 2 nitrogen and oxygen atoms in total. The zero-order chi connectivity index (χ0) is 8.15. The molecule has 0 rings (SSSR count). The molecule has 0 atom stereocenters. The number of allylic oxidation sites excluding steroid dienone is 1. The maximum Gasteiger partial charge on any atom is 0.250 e. The Morgan fingerprint density at radius 2 is 1.90 bits per heavy atom. The predicted octanol–water partition coefficient (Wildman–Crippen LogP) is 1.89. The van der Waals surface area contributed by atoms with Gasteiger partial charge in [-0.15, -0.1) is 0 Å². The standard InChI is InChI=1S/C6H8F2N2/c1-4(9-2)5(7)6(8)10-3/h3H2,1-2H3/b6-5+,9-4?. The van der Waals surface area contributed by atoms with Gasteiger partial charge in [0.1, 0.15) is 0 Å². The Kier molecular flexibility index (Phi) is 3.46. The molecule has 0 amide bonds. The predicted molar refractivity (Wildman–Crippen MR) is 37.8 cm³/mol. The summed E-state index contributed by atoms with van der Waals surface area (Å²) in [7, 11) is 1.37. The highest BCUT2D eigenvalue weighted by Crippen LogP contribution is 2.09. The van der Waals surface area contributed by atoms with Gasteiger partial charge in [-0.05, 0) is 13.6 Å². The van der Waals surface area contributed by atoms with Crippen molar-refractivity contribution in [3.05, 3.63) is 11.8 Å². The van der Waals surface area contributed by atoms with Gasteiger partial charge in [0.25, 0.3) is 0 Å². The molecule has 10 heavy (non-hydrogen) atoms. The molecule has 0 saturated heterocycles. The van der Waals surface area contributed by atoms with Crippen LogP contribution in [0.25, 0.3) is 0 Å². The van der Waals surface area contributed by atoms with Crippen LogP contribution in [0.2, 0.25) is 0 Å². The van der Waals surface area contributed by atoms with Crippen LogP contribution >= 0.6 is 0 Å². The fourth-order valence-electron chi connectivity index (χ4n) is 0.317. The maximum absolute atomic E-state index is 12.4. The minimum Gasteiger partial charge on any atom is -0.290 e. The van der Waals surface area contributed by atoms with Gasteiger partial charge in [0.2, 0.25) is 5.95 Å². The Morgan fingerprint density at radius 3 is 2.20 bits per heavy atom. The third-order valence-corrected chi connectivity index (χ3v) is 0.973. The van der Waals surface area contributed by atoms with Crippen molar-refractivity contribution in [1.82, 2.24) is 0 Å². The number of halogens is 2. The first kappa shape index (κ1) is 8.94. The molecule has 0 aromatic rings. The molecule has 0 aliphatic heterocycles. The minimum atomic E-state index is -1.22. The summed E-state index contributed by atoms with van der Waals surface area (Å²) in [5.41, 5.74) is -0.0232. The third kappa shape index (κ3) is 2.05. The van der Waals surface area contributed by atoms with Gasteiger partial charge in [-0.2, -0.15) is 8.78 Å². The van der Waals surface area contributed by atoms with E-state index < -0.39 is 11.8 Å². The lowest BCUT2D eigenvalue weighted by Crippen LogP contribution is -1.92. The van der Waals surface area contributed by atoms with Crippen molar-refractivity contribution in [3.63, 3.8) is 0 Å². The Labute approximate surface area is 58.0 Å². The molecule has 0 aromatic carbocycles. The second-order valence-electron chi connectivity index (χ2n) is 1.57. The summed E-state index contributed by atoms with van der Waals surface area (Å²) in [6.07, 6.45) is 0. The lowest BCUT2D eigenvalue weighted by atomic mass is 10.4. The second kappa shape index (κ2) is 3.87. The zero-order valence-electron chi connectivity index (χ0n) is 5.86. The summed E-state index contributed by atoms with van der Waals surface area (Å²) in [5, 5.41) is 0. The quantitative estimate of drug-likeness (QED) is 0.419. The van der Waals surface area contributed by atoms with E-state index in [2.05, 4.69) is 16.7 Å². The van der Waals surface area contributed by atoms with Crippen molar-refractivity contribution >= 4 is 12.4 Å². The van der Waals surface area contributed by atoms with Crippen LogP contribution in [-0.4, -0.2) is 19.5 Å². The van der Waals surface area contributed by atoms with Gasteiger partial charge >= 0.3 is 0 Å². The highest BCUT2D eigenvalue weighted by molar-refractivity contribution is 5.96. The van der Waals surface area contributed by atoms with Crippen LogP contribution in [0, 0.1) is 0 Å². The van der Waals surface area contributed by atoms with Crippen LogP contribution in [-0.2, 0) is 0 Å². The monoisotopic (exact) mass is 146 g/mol. The third-order valence-electron chi connectivity index (χ3n) is 0.973. The van der Waals surface area contributed by atoms with Gasteiger partial charge in [-0.25, -0.2) is 4.99 Å². The van der Waals surface area contributed by atoms with Crippen LogP contribution in [0.3, 0.4) is 0 Å². The molecule has 0 bridgehead atoms. The maximum atomic E-state index is 12.4. The van der Waals surface area contributed by atoms with Crippen molar-refractivity contribution in [2.24, 2.45) is 9.98 Å². The molecule has 4 heteroatoms. The Hall–Kier alpha value is -1.06. The smallest absolute Gasteiger partial charge is 0.250 e. The molecule has 56 valence electrons. The number of hydrogen-bond donors (Lipinski definition) is 0. The summed E-state index contributed by atoms with van der Waals surface area (Å²) in [6.45, 7) is 4.17. The van der Waals surface area contributed by atoms with Crippen LogP contribution in [0.1, 0.15) is 6.92 Å². The topological polar surface area (TPSA) is 24.7 Å². The Bertz CT molecular complexity index is 194. The second-order valence-corrected chi connectivity index (χ2v) is 1.57. The molecule has 0 heterocycles. The molecule has 0 N–H and O–H groups in total. The number of hydrogen-bond acceptors (Lipinski definition) is 2. The average molecular weight is 146 g/mol. The van der Waals surface area contributed by atoms with E-state index in [9.17, 15) is 8.78 Å². The average Bonchev–Trinajstić information content (AvgIpc) is 2.00. The van der Waals surface area contributed by atoms with E-state index in [1.807, 2.05) is 0 Å². The van der Waals surface area contributed by atoms with E-state index in [4.69, 9.17) is 0 Å². The molecule has 0 spiro atoms. The minimum absolute atomic E-state index is 0.0232. The molecular weight excluding hydrogens is 138 g/mol. The largest absolute Gasteiger partial charge is 0.290 e. The molecule has 0 saturated carbocycles. The lowest BCUT2D eigenvalue weighted by molar-refractivity contribution is 0.556. The molecule has 0 radical (unpaired) electrons. The molecule has 0 aromatic heterocycles. The van der Waals surface area contributed by atoms with Gasteiger partial charge in [0, 0.05) is 7.05 Å². The van der Waals surface area contributed by atoms with Gasteiger partial charge in [0.15, 0.2) is 5.83 Å². The number of aliphatic imine (C=N–C) groups is 2. The van der Waals surface area contributed by atoms with Crippen molar-refractivity contribution in [1.29, 1.82) is 0 Å². The van der Waals surface area contributed by atoms with Crippen molar-refractivity contribution < 1.29 is 8.78 Å². The van der Waals surface area contributed by atoms with E-state index in [1.54, 1.807) is 0 Å². The van der Waals surface area contributed by atoms with Crippen molar-refractivity contribution in [2.45, 2.75) is 6.92 Å². The van der Waals surface area contributed by atoms with E-state index in [-0.39, 0.29) is 5.71 Å². The Balaban J connectivity index is 4.63. The first-order valence-corrected chi connectivity index (χ1v) is 2.59. The summed E-state index contributed by atoms with van der Waals surface area (Å²) in [4.78, 5) is 6.18. The fourth-order valence-corrected chi connectivity index (χ4v) is 0.317. The zero-order valence-corrected chi connectivity index (χ0v) is 5.86. The molecule has 0 aliphatic rings. The van der Waals surface area contributed by atoms with Crippen LogP contribution in [0.5, 0.6) is 0 Å². The highest BCUT2D eigenvalue weighted by Gasteiger charge is 2.05. The van der Waals surface area contributed by atoms with E-state index in [0.29, 0.717) is 0 Å². The number of rotatable bonds is 2. The first-order valence-electron chi connectivity index (χ1n) is 2.59. The van der Waals surface area contributed by atoms with Crippen LogP contribution in [0.15, 0.2) is 21.8 Å². The van der Waals surface area contributed by atoms with Crippen molar-refractivity contribution in [2.75, 3.05) is 7.05 Å². The van der Waals surface area contributed by atoms with Crippen LogP contribution < -0.4 is 0 Å². The van der Waals surface area contributed by atoms with E-state index in [1.165, 1.54) is 14.0 Å². The van der Waals surface area contributed by atoms with Gasteiger partial charge in [-0.1, -0.05) is 0 Å². The number of nitrogens with zero attached hydrogens (tertiary/aromatic N) is 2.